The van der Waals surface area contributed by atoms with Crippen molar-refractivity contribution in [2.24, 2.45) is 0 Å². The van der Waals surface area contributed by atoms with Crippen molar-refractivity contribution in [3.05, 3.63) is 88.3 Å². The first kappa shape index (κ1) is 21.3. The maximum absolute atomic E-state index is 12.3. The van der Waals surface area contributed by atoms with Crippen molar-refractivity contribution in [3.63, 3.8) is 0 Å². The number of halogens is 3. The lowest BCUT2D eigenvalue weighted by molar-refractivity contribution is -0.274. The number of nitrogens with zero attached hydrogens (tertiary/aromatic N) is 3. The highest BCUT2D eigenvalue weighted by Gasteiger charge is 2.31. The molecule has 10 heteroatoms. The molecule has 0 saturated heterocycles. The van der Waals surface area contributed by atoms with Gasteiger partial charge in [0.15, 0.2) is 0 Å². The number of benzene rings is 2. The SMILES string of the molecule is O=c1ccc(-c2nc(-c3ccc(OC(F)(F)F)cc3)no2)cn1Cc1cccc(CO)c1. The lowest BCUT2D eigenvalue weighted by Gasteiger charge is -2.08. The Kier molecular flexibility index (Phi) is 5.78. The highest BCUT2D eigenvalue weighted by atomic mass is 19.4. The molecule has 0 aliphatic heterocycles. The summed E-state index contributed by atoms with van der Waals surface area (Å²) in [5, 5.41) is 13.1. The fraction of sp³-hybridized carbons (Fsp3) is 0.136. The van der Waals surface area contributed by atoms with Crippen LogP contribution in [0.2, 0.25) is 0 Å². The highest BCUT2D eigenvalue weighted by molar-refractivity contribution is 5.59. The van der Waals surface area contributed by atoms with Gasteiger partial charge in [0, 0.05) is 17.8 Å². The molecule has 0 spiro atoms. The van der Waals surface area contributed by atoms with Crippen molar-refractivity contribution in [1.82, 2.24) is 14.7 Å². The first-order valence-corrected chi connectivity index (χ1v) is 9.40. The largest absolute Gasteiger partial charge is 0.573 e. The molecule has 0 aliphatic rings. The second-order valence-corrected chi connectivity index (χ2v) is 6.86. The van der Waals surface area contributed by atoms with Gasteiger partial charge in [-0.2, -0.15) is 4.98 Å². The Balaban J connectivity index is 1.56. The molecule has 164 valence electrons. The molecule has 0 unspecified atom stereocenters. The predicted molar refractivity (Wildman–Crippen MR) is 108 cm³/mol. The zero-order chi connectivity index (χ0) is 22.7. The Labute approximate surface area is 179 Å². The third kappa shape index (κ3) is 5.03. The van der Waals surface area contributed by atoms with Gasteiger partial charge < -0.3 is 18.9 Å². The monoisotopic (exact) mass is 443 g/mol. The highest BCUT2D eigenvalue weighted by Crippen LogP contribution is 2.26. The van der Waals surface area contributed by atoms with Crippen LogP contribution >= 0.6 is 0 Å². The number of aromatic nitrogens is 3. The van der Waals surface area contributed by atoms with Crippen LogP contribution in [0.25, 0.3) is 22.8 Å². The Morgan fingerprint density at radius 3 is 2.44 bits per heavy atom. The molecule has 0 atom stereocenters. The zero-order valence-corrected chi connectivity index (χ0v) is 16.4. The molecule has 2 aromatic carbocycles. The molecule has 7 nitrogen and oxygen atoms in total. The van der Waals surface area contributed by atoms with E-state index in [1.54, 1.807) is 30.5 Å². The van der Waals surface area contributed by atoms with Crippen molar-refractivity contribution < 1.29 is 27.5 Å². The number of hydrogen-bond donors (Lipinski definition) is 1. The second-order valence-electron chi connectivity index (χ2n) is 6.86. The molecule has 0 amide bonds. The molecule has 0 radical (unpaired) electrons. The fourth-order valence-electron chi connectivity index (χ4n) is 3.07. The van der Waals surface area contributed by atoms with E-state index in [2.05, 4.69) is 14.9 Å². The van der Waals surface area contributed by atoms with Gasteiger partial charge in [0.25, 0.3) is 11.4 Å². The van der Waals surface area contributed by atoms with E-state index in [0.717, 1.165) is 23.3 Å². The van der Waals surface area contributed by atoms with Crippen LogP contribution in [-0.2, 0) is 13.2 Å². The van der Waals surface area contributed by atoms with E-state index in [1.165, 1.54) is 22.8 Å². The number of aliphatic hydroxyl groups excluding tert-OH is 1. The van der Waals surface area contributed by atoms with Gasteiger partial charge in [0.1, 0.15) is 5.75 Å². The molecule has 4 rings (SSSR count). The van der Waals surface area contributed by atoms with E-state index >= 15 is 0 Å². The molecule has 4 aromatic rings. The van der Waals surface area contributed by atoms with Crippen LogP contribution in [0.1, 0.15) is 11.1 Å². The standard InChI is InChI=1S/C22H16F3N3O4/c23-22(24,25)31-18-7-4-16(5-8-18)20-26-21(32-27-20)17-6-9-19(30)28(12-17)11-14-2-1-3-15(10-14)13-29/h1-10,12,29H,11,13H2. The molecule has 0 saturated carbocycles. The summed E-state index contributed by atoms with van der Waals surface area (Å²) >= 11 is 0. The van der Waals surface area contributed by atoms with Crippen molar-refractivity contribution in [1.29, 1.82) is 0 Å². The zero-order valence-electron chi connectivity index (χ0n) is 16.4. The topological polar surface area (TPSA) is 90.4 Å². The van der Waals surface area contributed by atoms with E-state index in [4.69, 9.17) is 4.52 Å². The average Bonchev–Trinajstić information content (AvgIpc) is 3.25. The Bertz CT molecular complexity index is 1280. The lowest BCUT2D eigenvalue weighted by atomic mass is 10.1. The summed E-state index contributed by atoms with van der Waals surface area (Å²) in [6.45, 7) is 0.180. The number of pyridine rings is 1. The van der Waals surface area contributed by atoms with Crippen molar-refractivity contribution in [3.8, 4) is 28.6 Å². The number of aliphatic hydroxyl groups is 1. The summed E-state index contributed by atoms with van der Waals surface area (Å²) in [4.78, 5) is 16.5. The van der Waals surface area contributed by atoms with Gasteiger partial charge in [0.05, 0.1) is 18.7 Å². The second kappa shape index (κ2) is 8.67. The maximum Gasteiger partial charge on any atom is 0.573 e. The molecular formula is C22H16F3N3O4. The number of rotatable bonds is 6. The summed E-state index contributed by atoms with van der Waals surface area (Å²) in [7, 11) is 0. The number of ether oxygens (including phenoxy) is 1. The van der Waals surface area contributed by atoms with Gasteiger partial charge in [-0.3, -0.25) is 4.79 Å². The van der Waals surface area contributed by atoms with Gasteiger partial charge in [0.2, 0.25) is 5.82 Å². The molecule has 0 fully saturated rings. The fourth-order valence-corrected chi connectivity index (χ4v) is 3.07. The minimum Gasteiger partial charge on any atom is -0.406 e. The molecule has 2 aromatic heterocycles. The van der Waals surface area contributed by atoms with Crippen LogP contribution in [-0.4, -0.2) is 26.2 Å². The lowest BCUT2D eigenvalue weighted by Crippen LogP contribution is -2.19. The summed E-state index contributed by atoms with van der Waals surface area (Å²) in [6, 6.07) is 15.2. The summed E-state index contributed by atoms with van der Waals surface area (Å²) in [5.41, 5.74) is 2.27. The van der Waals surface area contributed by atoms with Crippen LogP contribution in [0, 0.1) is 0 Å². The van der Waals surface area contributed by atoms with E-state index in [9.17, 15) is 23.1 Å². The number of hydrogen-bond acceptors (Lipinski definition) is 6. The van der Waals surface area contributed by atoms with E-state index in [-0.39, 0.29) is 36.2 Å². The van der Waals surface area contributed by atoms with Crippen LogP contribution in [0.3, 0.4) is 0 Å². The van der Waals surface area contributed by atoms with Gasteiger partial charge in [-0.15, -0.1) is 13.2 Å². The molecule has 32 heavy (non-hydrogen) atoms. The predicted octanol–water partition coefficient (Wildman–Crippen LogP) is 4.00. The van der Waals surface area contributed by atoms with Gasteiger partial charge in [-0.05, 0) is 41.5 Å². The van der Waals surface area contributed by atoms with Gasteiger partial charge in [-0.1, -0.05) is 29.4 Å². The summed E-state index contributed by atoms with van der Waals surface area (Å²) < 4.78 is 47.5. The Hall–Kier alpha value is -3.92. The summed E-state index contributed by atoms with van der Waals surface area (Å²) in [6.07, 6.45) is -3.20. The summed E-state index contributed by atoms with van der Waals surface area (Å²) in [5.74, 6) is -0.0391. The molecule has 0 bridgehead atoms. The van der Waals surface area contributed by atoms with Crippen LogP contribution < -0.4 is 10.3 Å². The van der Waals surface area contributed by atoms with Gasteiger partial charge in [-0.25, -0.2) is 0 Å². The third-order valence-electron chi connectivity index (χ3n) is 4.53. The van der Waals surface area contributed by atoms with Crippen molar-refractivity contribution in [2.75, 3.05) is 0 Å². The Morgan fingerprint density at radius 2 is 1.72 bits per heavy atom. The van der Waals surface area contributed by atoms with Crippen LogP contribution in [0.5, 0.6) is 5.75 Å². The number of alkyl halides is 3. The molecule has 0 aliphatic carbocycles. The van der Waals surface area contributed by atoms with Crippen molar-refractivity contribution >= 4 is 0 Å². The van der Waals surface area contributed by atoms with Crippen molar-refractivity contribution in [2.45, 2.75) is 19.5 Å². The quantitative estimate of drug-likeness (QED) is 0.485. The minimum absolute atomic E-state index is 0.100. The van der Waals surface area contributed by atoms with Gasteiger partial charge >= 0.3 is 6.36 Å². The maximum atomic E-state index is 12.3. The van der Waals surface area contributed by atoms with E-state index in [0.29, 0.717) is 11.1 Å². The molecule has 2 heterocycles. The normalized spacial score (nSPS) is 11.5. The molecular weight excluding hydrogens is 427 g/mol. The van der Waals surface area contributed by atoms with Crippen LogP contribution in [0.4, 0.5) is 13.2 Å². The Morgan fingerprint density at radius 1 is 1.00 bits per heavy atom. The first-order valence-electron chi connectivity index (χ1n) is 9.40. The first-order chi connectivity index (χ1) is 15.3. The van der Waals surface area contributed by atoms with E-state index in [1.807, 2.05) is 6.07 Å². The van der Waals surface area contributed by atoms with E-state index < -0.39 is 6.36 Å². The minimum atomic E-state index is -4.77. The average molecular weight is 443 g/mol. The molecule has 1 N–H and O–H groups in total. The third-order valence-corrected chi connectivity index (χ3v) is 4.53. The smallest absolute Gasteiger partial charge is 0.406 e. The van der Waals surface area contributed by atoms with Crippen LogP contribution in [0.15, 0.2) is 76.2 Å².